The van der Waals surface area contributed by atoms with Gasteiger partial charge in [-0.1, -0.05) is 12.1 Å². The molecule has 1 saturated heterocycles. The van der Waals surface area contributed by atoms with E-state index in [1.807, 2.05) is 12.1 Å². The molecule has 1 amide bonds. The van der Waals surface area contributed by atoms with Gasteiger partial charge in [0.15, 0.2) is 0 Å². The maximum Gasteiger partial charge on any atom is 0.257 e. The number of phenolic OH excluding ortho intramolecular Hbond substituents is 1. The Labute approximate surface area is 117 Å². The van der Waals surface area contributed by atoms with Gasteiger partial charge in [0.05, 0.1) is 17.5 Å². The highest BCUT2D eigenvalue weighted by Gasteiger charge is 2.23. The summed E-state index contributed by atoms with van der Waals surface area (Å²) in [6.45, 7) is 2.69. The monoisotopic (exact) mass is 272 g/mol. The highest BCUT2D eigenvalue weighted by molar-refractivity contribution is 5.94. The van der Waals surface area contributed by atoms with Crippen LogP contribution in [0.5, 0.6) is 5.75 Å². The summed E-state index contributed by atoms with van der Waals surface area (Å²) in [7, 11) is 0. The second kappa shape index (κ2) is 5.28. The normalized spacial score (nSPS) is 15.4. The smallest absolute Gasteiger partial charge is 0.257 e. The van der Waals surface area contributed by atoms with Gasteiger partial charge >= 0.3 is 0 Å². The molecule has 5 nitrogen and oxygen atoms in total. The highest BCUT2D eigenvalue weighted by Crippen LogP contribution is 2.27. The number of carbonyl (C=O) groups is 1. The number of hydrogen-bond donors (Lipinski definition) is 1. The summed E-state index contributed by atoms with van der Waals surface area (Å²) in [4.78, 5) is 16.1. The van der Waals surface area contributed by atoms with Gasteiger partial charge in [0.1, 0.15) is 12.0 Å². The number of piperazine rings is 1. The zero-order valence-electron chi connectivity index (χ0n) is 11.0. The molecule has 0 saturated carbocycles. The zero-order valence-corrected chi connectivity index (χ0v) is 11.0. The average Bonchev–Trinajstić information content (AvgIpc) is 3.01. The van der Waals surface area contributed by atoms with Gasteiger partial charge in [-0.3, -0.25) is 4.79 Å². The van der Waals surface area contributed by atoms with Gasteiger partial charge in [-0.05, 0) is 18.2 Å². The third-order valence-electron chi connectivity index (χ3n) is 3.56. The van der Waals surface area contributed by atoms with Crippen LogP contribution in [0.2, 0.25) is 0 Å². The van der Waals surface area contributed by atoms with Crippen LogP contribution in [0, 0.1) is 0 Å². The Balaban J connectivity index is 1.65. The summed E-state index contributed by atoms with van der Waals surface area (Å²) >= 11 is 0. The van der Waals surface area contributed by atoms with Gasteiger partial charge in [0, 0.05) is 26.2 Å². The van der Waals surface area contributed by atoms with Crippen LogP contribution in [-0.2, 0) is 0 Å². The van der Waals surface area contributed by atoms with Crippen molar-refractivity contribution in [3.05, 3.63) is 48.4 Å². The third kappa shape index (κ3) is 2.34. The largest absolute Gasteiger partial charge is 0.506 e. The Morgan fingerprint density at radius 3 is 2.50 bits per heavy atom. The number of benzene rings is 1. The Hall–Kier alpha value is -2.43. The maximum atomic E-state index is 12.2. The summed E-state index contributed by atoms with van der Waals surface area (Å²) in [6.07, 6.45) is 2.98. The summed E-state index contributed by atoms with van der Waals surface area (Å²) in [5.41, 5.74) is 1.41. The number of hydrogen-bond acceptors (Lipinski definition) is 4. The van der Waals surface area contributed by atoms with Crippen LogP contribution < -0.4 is 4.90 Å². The second-order valence-electron chi connectivity index (χ2n) is 4.78. The first-order valence-corrected chi connectivity index (χ1v) is 6.60. The third-order valence-corrected chi connectivity index (χ3v) is 3.56. The molecule has 1 aromatic heterocycles. The van der Waals surface area contributed by atoms with Gasteiger partial charge in [-0.25, -0.2) is 0 Å². The summed E-state index contributed by atoms with van der Waals surface area (Å²) < 4.78 is 4.94. The molecule has 5 heteroatoms. The first-order chi connectivity index (χ1) is 9.75. The van der Waals surface area contributed by atoms with E-state index < -0.39 is 0 Å². The van der Waals surface area contributed by atoms with E-state index in [-0.39, 0.29) is 11.7 Å². The fourth-order valence-corrected chi connectivity index (χ4v) is 2.45. The fourth-order valence-electron chi connectivity index (χ4n) is 2.45. The SMILES string of the molecule is O=C(c1ccoc1)N1CCN(c2ccccc2O)CC1. The highest BCUT2D eigenvalue weighted by atomic mass is 16.3. The Kier molecular flexibility index (Phi) is 3.33. The fraction of sp³-hybridized carbons (Fsp3) is 0.267. The van der Waals surface area contributed by atoms with E-state index in [0.717, 1.165) is 5.69 Å². The maximum absolute atomic E-state index is 12.2. The summed E-state index contributed by atoms with van der Waals surface area (Å²) in [5.74, 6) is 0.276. The number of phenols is 1. The van der Waals surface area contributed by atoms with E-state index >= 15 is 0 Å². The van der Waals surface area contributed by atoms with Crippen molar-refractivity contribution in [3.63, 3.8) is 0 Å². The van der Waals surface area contributed by atoms with Crippen molar-refractivity contribution < 1.29 is 14.3 Å². The predicted molar refractivity (Wildman–Crippen MR) is 74.9 cm³/mol. The molecule has 0 aliphatic carbocycles. The van der Waals surface area contributed by atoms with Crippen molar-refractivity contribution in [2.45, 2.75) is 0 Å². The van der Waals surface area contributed by atoms with Crippen molar-refractivity contribution >= 4 is 11.6 Å². The van der Waals surface area contributed by atoms with Gasteiger partial charge in [0.2, 0.25) is 0 Å². The first kappa shape index (κ1) is 12.6. The van der Waals surface area contributed by atoms with Crippen molar-refractivity contribution in [2.75, 3.05) is 31.1 Å². The number of nitrogens with zero attached hydrogens (tertiary/aromatic N) is 2. The number of rotatable bonds is 2. The second-order valence-corrected chi connectivity index (χ2v) is 4.78. The molecule has 3 rings (SSSR count). The van der Waals surface area contributed by atoms with E-state index in [1.165, 1.54) is 12.5 Å². The van der Waals surface area contributed by atoms with Crippen LogP contribution in [-0.4, -0.2) is 42.1 Å². The van der Waals surface area contributed by atoms with Gasteiger partial charge in [-0.15, -0.1) is 0 Å². The van der Waals surface area contributed by atoms with Gasteiger partial charge in [-0.2, -0.15) is 0 Å². The minimum absolute atomic E-state index is 0.00400. The molecule has 0 unspecified atom stereocenters. The minimum Gasteiger partial charge on any atom is -0.506 e. The molecule has 20 heavy (non-hydrogen) atoms. The van der Waals surface area contributed by atoms with Crippen LogP contribution in [0.1, 0.15) is 10.4 Å². The van der Waals surface area contributed by atoms with Crippen LogP contribution >= 0.6 is 0 Å². The Bertz CT molecular complexity index is 587. The molecule has 1 aromatic carbocycles. The first-order valence-electron chi connectivity index (χ1n) is 6.60. The van der Waals surface area contributed by atoms with Crippen molar-refractivity contribution in [1.29, 1.82) is 0 Å². The molecule has 2 aromatic rings. The molecular weight excluding hydrogens is 256 g/mol. The molecule has 1 fully saturated rings. The topological polar surface area (TPSA) is 56.9 Å². The van der Waals surface area contributed by atoms with E-state index in [9.17, 15) is 9.90 Å². The molecular formula is C15H16N2O3. The van der Waals surface area contributed by atoms with Gasteiger partial charge < -0.3 is 19.3 Å². The lowest BCUT2D eigenvalue weighted by atomic mass is 10.2. The molecule has 0 bridgehead atoms. The molecule has 0 radical (unpaired) electrons. The van der Waals surface area contributed by atoms with Crippen LogP contribution in [0.4, 0.5) is 5.69 Å². The van der Waals surface area contributed by atoms with Gasteiger partial charge in [0.25, 0.3) is 5.91 Å². The summed E-state index contributed by atoms with van der Waals surface area (Å²) in [5, 5.41) is 9.85. The number of para-hydroxylation sites is 2. The quantitative estimate of drug-likeness (QED) is 0.907. The standard InChI is InChI=1S/C15H16N2O3/c18-14-4-2-1-3-13(14)16-6-8-17(9-7-16)15(19)12-5-10-20-11-12/h1-5,10-11,18H,6-9H2. The molecule has 0 atom stereocenters. The Morgan fingerprint density at radius 2 is 1.85 bits per heavy atom. The lowest BCUT2D eigenvalue weighted by Gasteiger charge is -2.36. The van der Waals surface area contributed by atoms with Crippen molar-refractivity contribution in [1.82, 2.24) is 4.90 Å². The molecule has 1 aliphatic rings. The lowest BCUT2D eigenvalue weighted by molar-refractivity contribution is 0.0746. The number of aromatic hydroxyl groups is 1. The number of anilines is 1. The molecule has 1 N–H and O–H groups in total. The zero-order chi connectivity index (χ0) is 13.9. The van der Waals surface area contributed by atoms with Crippen LogP contribution in [0.15, 0.2) is 47.3 Å². The predicted octanol–water partition coefficient (Wildman–Crippen LogP) is 1.95. The van der Waals surface area contributed by atoms with E-state index in [0.29, 0.717) is 31.7 Å². The molecule has 104 valence electrons. The summed E-state index contributed by atoms with van der Waals surface area (Å²) in [6, 6.07) is 8.95. The average molecular weight is 272 g/mol. The van der Waals surface area contributed by atoms with E-state index in [4.69, 9.17) is 4.42 Å². The molecule has 0 spiro atoms. The Morgan fingerprint density at radius 1 is 1.10 bits per heavy atom. The van der Waals surface area contributed by atoms with Crippen molar-refractivity contribution in [3.8, 4) is 5.75 Å². The molecule has 2 heterocycles. The number of carbonyl (C=O) groups excluding carboxylic acids is 1. The number of furan rings is 1. The van der Waals surface area contributed by atoms with E-state index in [1.54, 1.807) is 23.1 Å². The number of amides is 1. The van der Waals surface area contributed by atoms with E-state index in [2.05, 4.69) is 4.90 Å². The minimum atomic E-state index is -0.00400. The lowest BCUT2D eigenvalue weighted by Crippen LogP contribution is -2.48. The van der Waals surface area contributed by atoms with Crippen LogP contribution in [0.25, 0.3) is 0 Å². The molecule has 1 aliphatic heterocycles. The van der Waals surface area contributed by atoms with Crippen molar-refractivity contribution in [2.24, 2.45) is 0 Å². The van der Waals surface area contributed by atoms with Crippen LogP contribution in [0.3, 0.4) is 0 Å².